The molecule has 1 aromatic carbocycles. The maximum absolute atomic E-state index is 2.68. The van der Waals surface area contributed by atoms with Crippen molar-refractivity contribution in [1.82, 2.24) is 0 Å². The Morgan fingerprint density at radius 3 is 2.57 bits per heavy atom. The van der Waals surface area contributed by atoms with Gasteiger partial charge in [-0.3, -0.25) is 0 Å². The summed E-state index contributed by atoms with van der Waals surface area (Å²) in [5.74, 6) is 4.05. The number of hydrogen-bond acceptors (Lipinski definition) is 0. The van der Waals surface area contributed by atoms with Gasteiger partial charge in [0.15, 0.2) is 0 Å². The largest absolute Gasteiger partial charge is 0.0620 e. The van der Waals surface area contributed by atoms with E-state index in [0.717, 1.165) is 23.7 Å². The molecule has 0 bridgehead atoms. The molecule has 3 unspecified atom stereocenters. The lowest BCUT2D eigenvalue weighted by Gasteiger charge is -2.60. The molecular formula is C23H32. The van der Waals surface area contributed by atoms with Crippen LogP contribution in [0.4, 0.5) is 0 Å². The third kappa shape index (κ3) is 1.96. The minimum atomic E-state index is 0.585. The third-order valence-corrected chi connectivity index (χ3v) is 9.00. The predicted molar refractivity (Wildman–Crippen MR) is 96.3 cm³/mol. The van der Waals surface area contributed by atoms with Crippen molar-refractivity contribution in [3.8, 4) is 0 Å². The molecule has 6 atom stereocenters. The highest BCUT2D eigenvalue weighted by molar-refractivity contribution is 5.32. The first-order chi connectivity index (χ1) is 11.1. The van der Waals surface area contributed by atoms with Crippen molar-refractivity contribution in [2.75, 3.05) is 0 Å². The Hall–Kier alpha value is -0.780. The molecular weight excluding hydrogens is 276 g/mol. The van der Waals surface area contributed by atoms with Crippen molar-refractivity contribution in [3.05, 3.63) is 35.4 Å². The lowest BCUT2D eigenvalue weighted by molar-refractivity contribution is -0.0899. The summed E-state index contributed by atoms with van der Waals surface area (Å²) in [5, 5.41) is 0. The molecule has 4 aliphatic rings. The van der Waals surface area contributed by atoms with Gasteiger partial charge in [0.25, 0.3) is 0 Å². The van der Waals surface area contributed by atoms with Gasteiger partial charge in [-0.1, -0.05) is 44.5 Å². The SMILES string of the molecule is C[C@@]12CCCC1C1CC[C@H]3Cc4ccccc4C[C@]3(C)C1CC2. The van der Waals surface area contributed by atoms with E-state index in [1.54, 1.807) is 11.1 Å². The second-order valence-electron chi connectivity index (χ2n) is 9.89. The Bertz CT molecular complexity index is 616. The van der Waals surface area contributed by atoms with Crippen molar-refractivity contribution in [1.29, 1.82) is 0 Å². The summed E-state index contributed by atoms with van der Waals surface area (Å²) in [6.07, 6.45) is 13.4. The van der Waals surface area contributed by atoms with Crippen LogP contribution in [0.1, 0.15) is 69.9 Å². The smallest absolute Gasteiger partial charge is 0.0216 e. The van der Waals surface area contributed by atoms with Crippen LogP contribution >= 0.6 is 0 Å². The molecule has 0 amide bonds. The van der Waals surface area contributed by atoms with Crippen molar-refractivity contribution >= 4 is 0 Å². The van der Waals surface area contributed by atoms with E-state index >= 15 is 0 Å². The number of benzene rings is 1. The lowest BCUT2D eigenvalue weighted by Crippen LogP contribution is -2.53. The van der Waals surface area contributed by atoms with Gasteiger partial charge in [0.2, 0.25) is 0 Å². The molecule has 0 heteroatoms. The second kappa shape index (κ2) is 4.87. The Balaban J connectivity index is 1.51. The topological polar surface area (TPSA) is 0 Å². The summed E-state index contributed by atoms with van der Waals surface area (Å²) in [7, 11) is 0. The van der Waals surface area contributed by atoms with Crippen molar-refractivity contribution in [2.45, 2.75) is 71.6 Å². The Kier molecular flexibility index (Phi) is 3.08. The van der Waals surface area contributed by atoms with Gasteiger partial charge in [-0.2, -0.15) is 0 Å². The van der Waals surface area contributed by atoms with Crippen molar-refractivity contribution < 1.29 is 0 Å². The van der Waals surface area contributed by atoms with Crippen LogP contribution in [0.2, 0.25) is 0 Å². The summed E-state index contributed by atoms with van der Waals surface area (Å²) in [5.41, 5.74) is 4.62. The van der Waals surface area contributed by atoms with Crippen LogP contribution in [-0.4, -0.2) is 0 Å². The molecule has 0 aliphatic heterocycles. The van der Waals surface area contributed by atoms with E-state index in [4.69, 9.17) is 0 Å². The standard InChI is InChI=1S/C23H32/c1-22-12-5-8-20(22)19-10-9-18-14-16-6-3-4-7-17(16)15-23(18,2)21(19)11-13-22/h3-4,6-7,18-21H,5,8-15H2,1-2H3/t18-,19?,20?,21?,22-,23-/m0/s1. The van der Waals surface area contributed by atoms with Gasteiger partial charge in [-0.15, -0.1) is 0 Å². The zero-order valence-electron chi connectivity index (χ0n) is 15.0. The maximum atomic E-state index is 2.68. The lowest BCUT2D eigenvalue weighted by atomic mass is 9.45. The van der Waals surface area contributed by atoms with Gasteiger partial charge in [0.1, 0.15) is 0 Å². The van der Waals surface area contributed by atoms with Crippen LogP contribution in [0.5, 0.6) is 0 Å². The van der Waals surface area contributed by atoms with Gasteiger partial charge in [0.05, 0.1) is 0 Å². The first-order valence-electron chi connectivity index (χ1n) is 10.2. The van der Waals surface area contributed by atoms with Gasteiger partial charge >= 0.3 is 0 Å². The summed E-state index contributed by atoms with van der Waals surface area (Å²) in [4.78, 5) is 0. The van der Waals surface area contributed by atoms with Gasteiger partial charge < -0.3 is 0 Å². The van der Waals surface area contributed by atoms with Gasteiger partial charge in [-0.25, -0.2) is 0 Å². The number of hydrogen-bond donors (Lipinski definition) is 0. The Morgan fingerprint density at radius 1 is 0.870 bits per heavy atom. The first-order valence-corrected chi connectivity index (χ1v) is 10.2. The molecule has 0 nitrogen and oxygen atoms in total. The Morgan fingerprint density at radius 2 is 1.70 bits per heavy atom. The molecule has 23 heavy (non-hydrogen) atoms. The molecule has 3 saturated carbocycles. The van der Waals surface area contributed by atoms with Crippen molar-refractivity contribution in [3.63, 3.8) is 0 Å². The van der Waals surface area contributed by atoms with E-state index < -0.39 is 0 Å². The average Bonchev–Trinajstić information content (AvgIpc) is 2.94. The summed E-state index contributed by atoms with van der Waals surface area (Å²) in [6, 6.07) is 9.33. The van der Waals surface area contributed by atoms with Gasteiger partial charge in [0, 0.05) is 0 Å². The highest BCUT2D eigenvalue weighted by Crippen LogP contribution is 2.65. The maximum Gasteiger partial charge on any atom is -0.0216 e. The minimum absolute atomic E-state index is 0.585. The van der Waals surface area contributed by atoms with Gasteiger partial charge in [-0.05, 0) is 97.0 Å². The van der Waals surface area contributed by atoms with Crippen LogP contribution < -0.4 is 0 Å². The fourth-order valence-electron chi connectivity index (χ4n) is 7.74. The molecule has 0 radical (unpaired) electrons. The van der Waals surface area contributed by atoms with E-state index in [-0.39, 0.29) is 0 Å². The third-order valence-electron chi connectivity index (χ3n) is 9.00. The van der Waals surface area contributed by atoms with E-state index in [1.165, 1.54) is 57.8 Å². The normalized spacial score (nSPS) is 48.1. The van der Waals surface area contributed by atoms with Crippen LogP contribution in [0.3, 0.4) is 0 Å². The van der Waals surface area contributed by atoms with E-state index in [0.29, 0.717) is 10.8 Å². The molecule has 0 spiro atoms. The zero-order valence-corrected chi connectivity index (χ0v) is 15.0. The van der Waals surface area contributed by atoms with Crippen molar-refractivity contribution in [2.24, 2.45) is 34.5 Å². The quantitative estimate of drug-likeness (QED) is 0.548. The fourth-order valence-corrected chi connectivity index (χ4v) is 7.74. The fraction of sp³-hybridized carbons (Fsp3) is 0.739. The van der Waals surface area contributed by atoms with E-state index in [2.05, 4.69) is 38.1 Å². The predicted octanol–water partition coefficient (Wildman–Crippen LogP) is 6.03. The second-order valence-corrected chi connectivity index (χ2v) is 9.89. The van der Waals surface area contributed by atoms with Crippen LogP contribution in [-0.2, 0) is 12.8 Å². The highest BCUT2D eigenvalue weighted by atomic mass is 14.6. The summed E-state index contributed by atoms with van der Waals surface area (Å²) >= 11 is 0. The van der Waals surface area contributed by atoms with E-state index in [9.17, 15) is 0 Å². The molecule has 3 fully saturated rings. The number of fused-ring (bicyclic) bond motifs is 6. The molecule has 4 aliphatic carbocycles. The molecule has 0 aromatic heterocycles. The van der Waals surface area contributed by atoms with Crippen LogP contribution in [0.25, 0.3) is 0 Å². The summed E-state index contributed by atoms with van der Waals surface area (Å²) in [6.45, 7) is 5.31. The highest BCUT2D eigenvalue weighted by Gasteiger charge is 2.57. The van der Waals surface area contributed by atoms with Crippen LogP contribution in [0, 0.1) is 34.5 Å². The molecule has 1 aromatic rings. The molecule has 0 N–H and O–H groups in total. The summed E-state index contributed by atoms with van der Waals surface area (Å²) < 4.78 is 0. The zero-order chi connectivity index (χ0) is 15.7. The molecule has 124 valence electrons. The minimum Gasteiger partial charge on any atom is -0.0620 e. The molecule has 5 rings (SSSR count). The molecule has 0 heterocycles. The van der Waals surface area contributed by atoms with Crippen LogP contribution in [0.15, 0.2) is 24.3 Å². The molecule has 0 saturated heterocycles. The first kappa shape index (κ1) is 14.6. The average molecular weight is 309 g/mol. The monoisotopic (exact) mass is 308 g/mol. The Labute approximate surface area is 142 Å². The van der Waals surface area contributed by atoms with E-state index in [1.807, 2.05) is 0 Å². The number of rotatable bonds is 0.